The third-order valence-electron chi connectivity index (χ3n) is 2.24. The molecule has 0 amide bonds. The molecule has 1 aromatic carbocycles. The van der Waals surface area contributed by atoms with Crippen molar-refractivity contribution in [2.75, 3.05) is 7.11 Å². The van der Waals surface area contributed by atoms with Gasteiger partial charge in [-0.25, -0.2) is 4.98 Å². The predicted octanol–water partition coefficient (Wildman–Crippen LogP) is 3.54. The maximum atomic E-state index is 6.05. The second-order valence-corrected chi connectivity index (χ2v) is 3.50. The summed E-state index contributed by atoms with van der Waals surface area (Å²) in [5.74, 6) is 0.577. The molecule has 0 bridgehead atoms. The van der Waals surface area contributed by atoms with E-state index in [0.29, 0.717) is 10.9 Å². The molecule has 0 atom stereocenters. The standard InChI is InChI=1S/C12H10ClNO/c1-3-9-10(13)6-4-8-5-7-11(15-2)14-12(8)9/h3-7H,1H2,2H3. The van der Waals surface area contributed by atoms with Crippen molar-refractivity contribution >= 4 is 28.6 Å². The van der Waals surface area contributed by atoms with Crippen LogP contribution in [0.25, 0.3) is 17.0 Å². The van der Waals surface area contributed by atoms with Gasteiger partial charge in [-0.05, 0) is 12.1 Å². The number of methoxy groups -OCH3 is 1. The Labute approximate surface area is 93.2 Å². The van der Waals surface area contributed by atoms with Gasteiger partial charge in [0, 0.05) is 22.0 Å². The van der Waals surface area contributed by atoms with Crippen molar-refractivity contribution in [2.45, 2.75) is 0 Å². The summed E-state index contributed by atoms with van der Waals surface area (Å²) in [6.07, 6.45) is 1.71. The van der Waals surface area contributed by atoms with Crippen molar-refractivity contribution in [3.05, 3.63) is 41.4 Å². The van der Waals surface area contributed by atoms with Crippen LogP contribution in [0, 0.1) is 0 Å². The molecular weight excluding hydrogens is 210 g/mol. The van der Waals surface area contributed by atoms with E-state index in [1.54, 1.807) is 13.2 Å². The second-order valence-electron chi connectivity index (χ2n) is 3.09. The number of benzene rings is 1. The minimum absolute atomic E-state index is 0.577. The molecule has 0 aliphatic heterocycles. The van der Waals surface area contributed by atoms with E-state index in [2.05, 4.69) is 11.6 Å². The van der Waals surface area contributed by atoms with Gasteiger partial charge in [-0.15, -0.1) is 0 Å². The zero-order chi connectivity index (χ0) is 10.8. The summed E-state index contributed by atoms with van der Waals surface area (Å²) < 4.78 is 5.07. The summed E-state index contributed by atoms with van der Waals surface area (Å²) in [7, 11) is 1.59. The molecule has 2 nitrogen and oxygen atoms in total. The molecule has 0 unspecified atom stereocenters. The van der Waals surface area contributed by atoms with E-state index in [0.717, 1.165) is 16.5 Å². The highest BCUT2D eigenvalue weighted by atomic mass is 35.5. The van der Waals surface area contributed by atoms with E-state index >= 15 is 0 Å². The molecule has 0 spiro atoms. The quantitative estimate of drug-likeness (QED) is 0.771. The number of hydrogen-bond donors (Lipinski definition) is 0. The van der Waals surface area contributed by atoms with Crippen LogP contribution in [-0.4, -0.2) is 12.1 Å². The molecule has 0 radical (unpaired) electrons. The highest BCUT2D eigenvalue weighted by Crippen LogP contribution is 2.27. The van der Waals surface area contributed by atoms with Gasteiger partial charge in [-0.3, -0.25) is 0 Å². The van der Waals surface area contributed by atoms with Crippen LogP contribution >= 0.6 is 11.6 Å². The number of fused-ring (bicyclic) bond motifs is 1. The number of rotatable bonds is 2. The highest BCUT2D eigenvalue weighted by Gasteiger charge is 2.05. The molecule has 0 saturated heterocycles. The molecular formula is C12H10ClNO. The first-order valence-corrected chi connectivity index (χ1v) is 4.89. The Morgan fingerprint density at radius 2 is 2.07 bits per heavy atom. The van der Waals surface area contributed by atoms with E-state index < -0.39 is 0 Å². The number of nitrogens with zero attached hydrogens (tertiary/aromatic N) is 1. The van der Waals surface area contributed by atoms with E-state index in [9.17, 15) is 0 Å². The number of halogens is 1. The van der Waals surface area contributed by atoms with Crippen molar-refractivity contribution in [3.63, 3.8) is 0 Å². The molecule has 0 saturated carbocycles. The van der Waals surface area contributed by atoms with Crippen LogP contribution in [0.5, 0.6) is 5.88 Å². The zero-order valence-electron chi connectivity index (χ0n) is 8.33. The van der Waals surface area contributed by atoms with Crippen LogP contribution in [0.4, 0.5) is 0 Å². The third-order valence-corrected chi connectivity index (χ3v) is 2.57. The maximum absolute atomic E-state index is 6.05. The fourth-order valence-corrected chi connectivity index (χ4v) is 1.71. The van der Waals surface area contributed by atoms with Gasteiger partial charge in [0.15, 0.2) is 0 Å². The molecule has 1 aromatic heterocycles. The van der Waals surface area contributed by atoms with Crippen LogP contribution in [0.15, 0.2) is 30.8 Å². The average molecular weight is 220 g/mol. The number of aromatic nitrogens is 1. The molecule has 0 fully saturated rings. The maximum Gasteiger partial charge on any atom is 0.213 e. The minimum atomic E-state index is 0.577. The first kappa shape index (κ1) is 9.99. The molecule has 2 aromatic rings. The molecule has 0 aliphatic rings. The molecule has 76 valence electrons. The average Bonchev–Trinajstić information content (AvgIpc) is 2.28. The van der Waals surface area contributed by atoms with Gasteiger partial charge in [0.1, 0.15) is 0 Å². The summed E-state index contributed by atoms with van der Waals surface area (Å²) in [5, 5.41) is 1.67. The fourth-order valence-electron chi connectivity index (χ4n) is 1.48. The summed E-state index contributed by atoms with van der Waals surface area (Å²) >= 11 is 6.05. The van der Waals surface area contributed by atoms with Gasteiger partial charge in [-0.1, -0.05) is 30.3 Å². The molecule has 15 heavy (non-hydrogen) atoms. The Kier molecular flexibility index (Phi) is 2.60. The van der Waals surface area contributed by atoms with Crippen LogP contribution in [-0.2, 0) is 0 Å². The van der Waals surface area contributed by atoms with E-state index in [-0.39, 0.29) is 0 Å². The Hall–Kier alpha value is -1.54. The van der Waals surface area contributed by atoms with E-state index in [4.69, 9.17) is 16.3 Å². The molecule has 0 N–H and O–H groups in total. The molecule has 1 heterocycles. The van der Waals surface area contributed by atoms with Crippen LogP contribution in [0.2, 0.25) is 5.02 Å². The Bertz CT molecular complexity index is 522. The monoisotopic (exact) mass is 219 g/mol. The second kappa shape index (κ2) is 3.91. The smallest absolute Gasteiger partial charge is 0.213 e. The molecule has 2 rings (SSSR count). The first-order chi connectivity index (χ1) is 7.26. The van der Waals surface area contributed by atoms with Gasteiger partial charge in [0.2, 0.25) is 5.88 Å². The van der Waals surface area contributed by atoms with Gasteiger partial charge >= 0.3 is 0 Å². The van der Waals surface area contributed by atoms with Crippen molar-refractivity contribution in [1.82, 2.24) is 4.98 Å². The lowest BCUT2D eigenvalue weighted by atomic mass is 10.1. The number of ether oxygens (including phenoxy) is 1. The fraction of sp³-hybridized carbons (Fsp3) is 0.0833. The molecule has 3 heteroatoms. The summed E-state index contributed by atoms with van der Waals surface area (Å²) in [5.41, 5.74) is 1.66. The summed E-state index contributed by atoms with van der Waals surface area (Å²) in [4.78, 5) is 4.35. The van der Waals surface area contributed by atoms with Crippen LogP contribution < -0.4 is 4.74 Å². The lowest BCUT2D eigenvalue weighted by Crippen LogP contribution is -1.90. The topological polar surface area (TPSA) is 22.1 Å². The van der Waals surface area contributed by atoms with Gasteiger partial charge in [0.25, 0.3) is 0 Å². The van der Waals surface area contributed by atoms with E-state index in [1.165, 1.54) is 0 Å². The highest BCUT2D eigenvalue weighted by molar-refractivity contribution is 6.33. The van der Waals surface area contributed by atoms with Gasteiger partial charge in [0.05, 0.1) is 12.6 Å². The normalized spacial score (nSPS) is 10.3. The van der Waals surface area contributed by atoms with Crippen molar-refractivity contribution in [1.29, 1.82) is 0 Å². The largest absolute Gasteiger partial charge is 0.481 e. The van der Waals surface area contributed by atoms with Crippen molar-refractivity contribution in [3.8, 4) is 5.88 Å². The van der Waals surface area contributed by atoms with Crippen molar-refractivity contribution < 1.29 is 4.74 Å². The summed E-state index contributed by atoms with van der Waals surface area (Å²) in [6, 6.07) is 7.54. The van der Waals surface area contributed by atoms with Crippen LogP contribution in [0.3, 0.4) is 0 Å². The zero-order valence-corrected chi connectivity index (χ0v) is 9.08. The number of hydrogen-bond acceptors (Lipinski definition) is 2. The van der Waals surface area contributed by atoms with E-state index in [1.807, 2.05) is 24.3 Å². The third kappa shape index (κ3) is 1.68. The Morgan fingerprint density at radius 3 is 2.73 bits per heavy atom. The SMILES string of the molecule is C=Cc1c(Cl)ccc2ccc(OC)nc12. The van der Waals surface area contributed by atoms with Crippen LogP contribution in [0.1, 0.15) is 5.56 Å². The molecule has 0 aliphatic carbocycles. The Balaban J connectivity index is 2.81. The van der Waals surface area contributed by atoms with Crippen molar-refractivity contribution in [2.24, 2.45) is 0 Å². The lowest BCUT2D eigenvalue weighted by Gasteiger charge is -2.05. The predicted molar refractivity (Wildman–Crippen MR) is 63.4 cm³/mol. The summed E-state index contributed by atoms with van der Waals surface area (Å²) in [6.45, 7) is 3.73. The van der Waals surface area contributed by atoms with Gasteiger partial charge in [-0.2, -0.15) is 0 Å². The first-order valence-electron chi connectivity index (χ1n) is 4.52. The number of pyridine rings is 1. The lowest BCUT2D eigenvalue weighted by molar-refractivity contribution is 0.399. The minimum Gasteiger partial charge on any atom is -0.481 e. The Morgan fingerprint density at radius 1 is 1.33 bits per heavy atom. The van der Waals surface area contributed by atoms with Gasteiger partial charge < -0.3 is 4.74 Å².